The zero-order valence-electron chi connectivity index (χ0n) is 20.4. The maximum absolute atomic E-state index is 12.3. The van der Waals surface area contributed by atoms with Crippen molar-refractivity contribution >= 4 is 0 Å². The smallest absolute Gasteiger partial charge is 0.177 e. The third-order valence-electron chi connectivity index (χ3n) is 10.6. The first-order chi connectivity index (χ1) is 15.3. The van der Waals surface area contributed by atoms with Crippen molar-refractivity contribution in [3.05, 3.63) is 12.2 Å². The van der Waals surface area contributed by atoms with Gasteiger partial charge >= 0.3 is 0 Å². The molecule has 9 atom stereocenters. The molecule has 0 amide bonds. The van der Waals surface area contributed by atoms with Crippen LogP contribution in [0.1, 0.15) is 78.6 Å². The lowest BCUT2D eigenvalue weighted by Gasteiger charge is -2.63. The Kier molecular flexibility index (Phi) is 6.29. The van der Waals surface area contributed by atoms with E-state index in [1.54, 1.807) is 0 Å². The molecule has 0 aromatic rings. The molecule has 4 saturated carbocycles. The van der Waals surface area contributed by atoms with Crippen LogP contribution in [0.5, 0.6) is 0 Å². The highest BCUT2D eigenvalue weighted by molar-refractivity contribution is 5.19. The molecule has 0 aromatic heterocycles. The van der Waals surface area contributed by atoms with Gasteiger partial charge in [-0.1, -0.05) is 19.9 Å². The SMILES string of the molecule is CC(N)COC1CC[C@@]2(C)C(CC[C@@H]3[C@@H]2CC[C@]2(C)[C@@H](/C=C/C4OCCO4)CC[C@@]32O)C1. The van der Waals surface area contributed by atoms with Crippen LogP contribution in [-0.2, 0) is 14.2 Å². The molecular weight excluding hydrogens is 402 g/mol. The molecule has 5 fully saturated rings. The highest BCUT2D eigenvalue weighted by Gasteiger charge is 2.66. The van der Waals surface area contributed by atoms with Crippen molar-refractivity contribution in [2.24, 2.45) is 40.2 Å². The molecule has 1 saturated heterocycles. The Labute approximate surface area is 194 Å². The lowest BCUT2D eigenvalue weighted by Crippen LogP contribution is -2.62. The predicted octanol–water partition coefficient (Wildman–Crippen LogP) is 4.42. The average Bonchev–Trinajstić information content (AvgIpc) is 3.37. The molecular formula is C27H45NO4. The maximum atomic E-state index is 12.3. The molecule has 5 aliphatic rings. The molecule has 0 bridgehead atoms. The van der Waals surface area contributed by atoms with Crippen LogP contribution < -0.4 is 5.73 Å². The minimum atomic E-state index is -0.543. The van der Waals surface area contributed by atoms with E-state index in [2.05, 4.69) is 26.0 Å². The molecule has 5 nitrogen and oxygen atoms in total. The number of hydrogen-bond acceptors (Lipinski definition) is 5. The second-order valence-corrected chi connectivity index (χ2v) is 12.2. The van der Waals surface area contributed by atoms with Crippen molar-refractivity contribution in [1.29, 1.82) is 0 Å². The normalized spacial score (nSPS) is 50.2. The number of ether oxygens (including phenoxy) is 3. The Morgan fingerprint density at radius 1 is 1.00 bits per heavy atom. The van der Waals surface area contributed by atoms with E-state index in [4.69, 9.17) is 19.9 Å². The second kappa shape index (κ2) is 8.64. The molecule has 4 aliphatic carbocycles. The van der Waals surface area contributed by atoms with Gasteiger partial charge in [0.25, 0.3) is 0 Å². The molecule has 3 unspecified atom stereocenters. The van der Waals surface area contributed by atoms with E-state index in [0.717, 1.165) is 31.6 Å². The van der Waals surface area contributed by atoms with E-state index in [1.807, 2.05) is 6.92 Å². The summed E-state index contributed by atoms with van der Waals surface area (Å²) in [5, 5.41) is 12.3. The van der Waals surface area contributed by atoms with Crippen LogP contribution in [-0.4, -0.2) is 49.0 Å². The topological polar surface area (TPSA) is 73.9 Å². The minimum absolute atomic E-state index is 0.0377. The zero-order chi connectivity index (χ0) is 22.6. The van der Waals surface area contributed by atoms with Gasteiger partial charge in [-0.3, -0.25) is 0 Å². The van der Waals surface area contributed by atoms with Gasteiger partial charge in [0.15, 0.2) is 6.29 Å². The number of allylic oxidation sites excluding steroid dienone is 1. The summed E-state index contributed by atoms with van der Waals surface area (Å²) in [5.74, 6) is 2.20. The summed E-state index contributed by atoms with van der Waals surface area (Å²) >= 11 is 0. The minimum Gasteiger partial charge on any atom is -0.389 e. The lowest BCUT2D eigenvalue weighted by atomic mass is 9.43. The van der Waals surface area contributed by atoms with Gasteiger partial charge in [-0.15, -0.1) is 0 Å². The Morgan fingerprint density at radius 3 is 2.53 bits per heavy atom. The summed E-state index contributed by atoms with van der Waals surface area (Å²) in [5.41, 5.74) is 5.69. The fourth-order valence-electron chi connectivity index (χ4n) is 8.69. The predicted molar refractivity (Wildman–Crippen MR) is 125 cm³/mol. The van der Waals surface area contributed by atoms with Crippen LogP contribution in [0.15, 0.2) is 12.2 Å². The van der Waals surface area contributed by atoms with Gasteiger partial charge in [0.1, 0.15) is 0 Å². The number of hydrogen-bond donors (Lipinski definition) is 2. The Hall–Kier alpha value is -0.460. The van der Waals surface area contributed by atoms with Gasteiger partial charge in [0.05, 0.1) is 31.5 Å². The maximum Gasteiger partial charge on any atom is 0.177 e. The Balaban J connectivity index is 1.30. The van der Waals surface area contributed by atoms with Crippen LogP contribution >= 0.6 is 0 Å². The van der Waals surface area contributed by atoms with Gasteiger partial charge in [-0.25, -0.2) is 0 Å². The van der Waals surface area contributed by atoms with Crippen LogP contribution in [0.3, 0.4) is 0 Å². The average molecular weight is 448 g/mol. The van der Waals surface area contributed by atoms with Crippen molar-refractivity contribution in [1.82, 2.24) is 0 Å². The van der Waals surface area contributed by atoms with Crippen LogP contribution in [0.4, 0.5) is 0 Å². The molecule has 0 radical (unpaired) electrons. The first-order valence-electron chi connectivity index (χ1n) is 13.3. The van der Waals surface area contributed by atoms with Gasteiger partial charge in [0.2, 0.25) is 0 Å². The summed E-state index contributed by atoms with van der Waals surface area (Å²) < 4.78 is 17.4. The Bertz CT molecular complexity index is 706. The molecule has 5 heteroatoms. The van der Waals surface area contributed by atoms with Crippen LogP contribution in [0.25, 0.3) is 0 Å². The van der Waals surface area contributed by atoms with E-state index in [0.29, 0.717) is 49.1 Å². The number of fused-ring (bicyclic) bond motifs is 5. The van der Waals surface area contributed by atoms with E-state index < -0.39 is 5.60 Å². The summed E-state index contributed by atoms with van der Waals surface area (Å²) in [6.45, 7) is 8.97. The summed E-state index contributed by atoms with van der Waals surface area (Å²) in [6.07, 6.45) is 14.9. The van der Waals surface area contributed by atoms with Gasteiger partial charge in [-0.05, 0) is 99.9 Å². The molecule has 5 rings (SSSR count). The van der Waals surface area contributed by atoms with E-state index >= 15 is 0 Å². The highest BCUT2D eigenvalue weighted by Crippen LogP contribution is 2.69. The van der Waals surface area contributed by atoms with E-state index in [9.17, 15) is 5.11 Å². The van der Waals surface area contributed by atoms with Crippen molar-refractivity contribution in [2.75, 3.05) is 19.8 Å². The van der Waals surface area contributed by atoms with Crippen molar-refractivity contribution < 1.29 is 19.3 Å². The number of aliphatic hydroxyl groups is 1. The monoisotopic (exact) mass is 447 g/mol. The quantitative estimate of drug-likeness (QED) is 0.610. The standard InChI is InChI=1S/C27H45NO4/c1-18(28)17-32-21-9-11-25(2)20(16-21)4-6-23-22(25)10-12-26(3)19(8-13-27(23,26)29)5-7-24-30-14-15-31-24/h5,7,18-24,29H,4,6,8-17,28H2,1-3H3/b7-5+/t18?,19-,20?,21?,22-,23+,25-,26+,27+/m0/s1. The molecule has 0 aromatic carbocycles. The summed E-state index contributed by atoms with van der Waals surface area (Å²) in [7, 11) is 0. The molecule has 1 heterocycles. The largest absolute Gasteiger partial charge is 0.389 e. The number of nitrogens with two attached hydrogens (primary N) is 1. The fourth-order valence-corrected chi connectivity index (χ4v) is 8.69. The highest BCUT2D eigenvalue weighted by atomic mass is 16.7. The fraction of sp³-hybridized carbons (Fsp3) is 0.926. The molecule has 1 aliphatic heterocycles. The van der Waals surface area contributed by atoms with Crippen molar-refractivity contribution in [3.8, 4) is 0 Å². The summed E-state index contributed by atoms with van der Waals surface area (Å²) in [4.78, 5) is 0. The van der Waals surface area contributed by atoms with Crippen LogP contribution in [0.2, 0.25) is 0 Å². The van der Waals surface area contributed by atoms with Gasteiger partial charge in [0, 0.05) is 11.5 Å². The zero-order valence-corrected chi connectivity index (χ0v) is 20.4. The molecule has 0 spiro atoms. The second-order valence-electron chi connectivity index (χ2n) is 12.2. The van der Waals surface area contributed by atoms with Crippen LogP contribution in [0, 0.1) is 34.5 Å². The molecule has 32 heavy (non-hydrogen) atoms. The van der Waals surface area contributed by atoms with Crippen molar-refractivity contribution in [2.45, 2.75) is 103 Å². The number of rotatable bonds is 5. The summed E-state index contributed by atoms with van der Waals surface area (Å²) in [6, 6.07) is 0.112. The third-order valence-corrected chi connectivity index (χ3v) is 10.6. The first kappa shape index (κ1) is 23.3. The van der Waals surface area contributed by atoms with Crippen molar-refractivity contribution in [3.63, 3.8) is 0 Å². The van der Waals surface area contributed by atoms with Gasteiger partial charge < -0.3 is 25.1 Å². The van der Waals surface area contributed by atoms with Gasteiger partial charge in [-0.2, -0.15) is 0 Å². The van der Waals surface area contributed by atoms with E-state index in [1.165, 1.54) is 32.1 Å². The lowest BCUT2D eigenvalue weighted by molar-refractivity contribution is -0.209. The molecule has 182 valence electrons. The molecule has 3 N–H and O–H groups in total. The Morgan fingerprint density at radius 2 is 1.78 bits per heavy atom. The first-order valence-corrected chi connectivity index (χ1v) is 13.3. The third kappa shape index (κ3) is 3.71. The van der Waals surface area contributed by atoms with E-state index in [-0.39, 0.29) is 17.7 Å².